The normalized spacial score (nSPS) is 16.2. The standard InChI is InChI=1S/C16H14F2N4O4/c1-7(9-3-4-11-12(5-9)26-16(17,18)25-11)22-14-13(10(6-23)21-22)15(24)20-8(2)19-14/h3-5,7,23H,6H2,1-2H3,(H,19,20,24). The number of aromatic nitrogens is 4. The van der Waals surface area contributed by atoms with Crippen LogP contribution in [0.1, 0.15) is 30.0 Å². The molecule has 0 bridgehead atoms. The zero-order valence-electron chi connectivity index (χ0n) is 13.8. The molecule has 1 atom stereocenters. The van der Waals surface area contributed by atoms with E-state index in [0.29, 0.717) is 17.0 Å². The summed E-state index contributed by atoms with van der Waals surface area (Å²) >= 11 is 0. The summed E-state index contributed by atoms with van der Waals surface area (Å²) in [5.41, 5.74) is 0.678. The van der Waals surface area contributed by atoms with E-state index in [1.54, 1.807) is 19.9 Å². The second-order valence-electron chi connectivity index (χ2n) is 5.95. The maximum Gasteiger partial charge on any atom is 0.586 e. The van der Waals surface area contributed by atoms with Gasteiger partial charge in [0.2, 0.25) is 0 Å². The van der Waals surface area contributed by atoms with Crippen LogP contribution < -0.4 is 15.0 Å². The number of fused-ring (bicyclic) bond motifs is 2. The number of alkyl halides is 2. The fourth-order valence-electron chi connectivity index (χ4n) is 2.97. The van der Waals surface area contributed by atoms with Gasteiger partial charge < -0.3 is 19.6 Å². The number of nitrogens with zero attached hydrogens (tertiary/aromatic N) is 3. The molecule has 1 unspecified atom stereocenters. The first-order chi connectivity index (χ1) is 12.3. The minimum atomic E-state index is -3.70. The van der Waals surface area contributed by atoms with Crippen molar-refractivity contribution in [1.82, 2.24) is 19.7 Å². The first-order valence-electron chi connectivity index (χ1n) is 7.78. The number of benzene rings is 1. The molecule has 1 aliphatic rings. The summed E-state index contributed by atoms with van der Waals surface area (Å²) in [4.78, 5) is 19.1. The summed E-state index contributed by atoms with van der Waals surface area (Å²) in [5, 5.41) is 14.0. The number of aryl methyl sites for hydroxylation is 1. The molecule has 0 saturated carbocycles. The van der Waals surface area contributed by atoms with Gasteiger partial charge in [-0.2, -0.15) is 5.10 Å². The average Bonchev–Trinajstić information content (AvgIpc) is 3.08. The molecule has 26 heavy (non-hydrogen) atoms. The van der Waals surface area contributed by atoms with E-state index >= 15 is 0 Å². The van der Waals surface area contributed by atoms with Gasteiger partial charge in [0.25, 0.3) is 5.56 Å². The average molecular weight is 364 g/mol. The highest BCUT2D eigenvalue weighted by Gasteiger charge is 2.43. The second kappa shape index (κ2) is 5.49. The van der Waals surface area contributed by atoms with Crippen LogP contribution in [0.3, 0.4) is 0 Å². The largest absolute Gasteiger partial charge is 0.586 e. The molecule has 2 aromatic heterocycles. The van der Waals surface area contributed by atoms with Gasteiger partial charge in [0.05, 0.1) is 12.6 Å². The Balaban J connectivity index is 1.83. The lowest BCUT2D eigenvalue weighted by atomic mass is 10.1. The van der Waals surface area contributed by atoms with Crippen molar-refractivity contribution < 1.29 is 23.4 Å². The van der Waals surface area contributed by atoms with Gasteiger partial charge in [-0.3, -0.25) is 4.79 Å². The minimum Gasteiger partial charge on any atom is -0.395 e. The quantitative estimate of drug-likeness (QED) is 0.735. The van der Waals surface area contributed by atoms with Crippen molar-refractivity contribution in [2.75, 3.05) is 0 Å². The minimum absolute atomic E-state index is 0.0577. The molecule has 8 nitrogen and oxygen atoms in total. The molecule has 3 heterocycles. The van der Waals surface area contributed by atoms with E-state index in [4.69, 9.17) is 0 Å². The van der Waals surface area contributed by atoms with Crippen LogP contribution in [-0.4, -0.2) is 31.1 Å². The Morgan fingerprint density at radius 1 is 1.35 bits per heavy atom. The van der Waals surface area contributed by atoms with Crippen molar-refractivity contribution >= 4 is 11.0 Å². The van der Waals surface area contributed by atoms with Crippen molar-refractivity contribution in [1.29, 1.82) is 0 Å². The van der Waals surface area contributed by atoms with E-state index in [1.165, 1.54) is 16.8 Å². The van der Waals surface area contributed by atoms with Gasteiger partial charge in [0, 0.05) is 0 Å². The topological polar surface area (TPSA) is 102 Å². The highest BCUT2D eigenvalue weighted by molar-refractivity contribution is 5.77. The lowest BCUT2D eigenvalue weighted by Gasteiger charge is -2.14. The van der Waals surface area contributed by atoms with E-state index < -0.39 is 24.5 Å². The highest BCUT2D eigenvalue weighted by Crippen LogP contribution is 2.42. The number of aliphatic hydroxyl groups is 1. The third-order valence-electron chi connectivity index (χ3n) is 4.18. The molecule has 4 rings (SSSR count). The molecule has 2 N–H and O–H groups in total. The lowest BCUT2D eigenvalue weighted by molar-refractivity contribution is -0.286. The van der Waals surface area contributed by atoms with Crippen LogP contribution in [0.5, 0.6) is 11.5 Å². The number of aromatic amines is 1. The maximum absolute atomic E-state index is 13.2. The number of hydrogen-bond donors (Lipinski definition) is 2. The summed E-state index contributed by atoms with van der Waals surface area (Å²) in [6, 6.07) is 3.94. The Morgan fingerprint density at radius 2 is 2.08 bits per heavy atom. The van der Waals surface area contributed by atoms with Crippen molar-refractivity contribution in [2.45, 2.75) is 32.8 Å². The van der Waals surface area contributed by atoms with E-state index in [0.717, 1.165) is 0 Å². The number of ether oxygens (including phenoxy) is 2. The first-order valence-corrected chi connectivity index (χ1v) is 7.78. The van der Waals surface area contributed by atoms with Crippen molar-refractivity contribution in [3.63, 3.8) is 0 Å². The first kappa shape index (κ1) is 16.5. The van der Waals surface area contributed by atoms with Crippen molar-refractivity contribution in [3.05, 3.63) is 45.6 Å². The third-order valence-corrected chi connectivity index (χ3v) is 4.18. The number of rotatable bonds is 3. The zero-order valence-corrected chi connectivity index (χ0v) is 13.8. The molecule has 3 aromatic rings. The van der Waals surface area contributed by atoms with E-state index in [-0.39, 0.29) is 22.6 Å². The molecule has 0 radical (unpaired) electrons. The molecule has 1 aromatic carbocycles. The van der Waals surface area contributed by atoms with Gasteiger partial charge in [-0.1, -0.05) is 6.07 Å². The third kappa shape index (κ3) is 2.49. The van der Waals surface area contributed by atoms with Crippen LogP contribution in [0.25, 0.3) is 11.0 Å². The van der Waals surface area contributed by atoms with Crippen LogP contribution in [0, 0.1) is 6.92 Å². The molecule has 0 amide bonds. The smallest absolute Gasteiger partial charge is 0.395 e. The maximum atomic E-state index is 13.2. The van der Waals surface area contributed by atoms with E-state index in [2.05, 4.69) is 24.5 Å². The lowest BCUT2D eigenvalue weighted by Crippen LogP contribution is -2.25. The number of hydrogen-bond acceptors (Lipinski definition) is 6. The fraction of sp³-hybridized carbons (Fsp3) is 0.312. The molecule has 136 valence electrons. The fourth-order valence-corrected chi connectivity index (χ4v) is 2.97. The van der Waals surface area contributed by atoms with Gasteiger partial charge in [-0.15, -0.1) is 8.78 Å². The zero-order chi connectivity index (χ0) is 18.6. The number of halogens is 2. The van der Waals surface area contributed by atoms with Crippen LogP contribution in [0.15, 0.2) is 23.0 Å². The van der Waals surface area contributed by atoms with Gasteiger partial charge in [-0.25, -0.2) is 9.67 Å². The summed E-state index contributed by atoms with van der Waals surface area (Å²) in [6.07, 6.45) is -3.70. The molecule has 0 saturated heterocycles. The van der Waals surface area contributed by atoms with Gasteiger partial charge in [-0.05, 0) is 31.5 Å². The summed E-state index contributed by atoms with van der Waals surface area (Å²) in [5.74, 6) is 0.253. The Bertz CT molecular complexity index is 1080. The predicted molar refractivity (Wildman–Crippen MR) is 85.3 cm³/mol. The van der Waals surface area contributed by atoms with Crippen molar-refractivity contribution in [2.24, 2.45) is 0 Å². The molecule has 10 heteroatoms. The van der Waals surface area contributed by atoms with E-state index in [1.807, 2.05) is 0 Å². The number of nitrogens with one attached hydrogen (secondary N) is 1. The molecule has 0 spiro atoms. The van der Waals surface area contributed by atoms with Crippen LogP contribution >= 0.6 is 0 Å². The molecule has 0 aliphatic carbocycles. The summed E-state index contributed by atoms with van der Waals surface area (Å²) in [6.45, 7) is 2.96. The molecule has 1 aliphatic heterocycles. The molecular weight excluding hydrogens is 350 g/mol. The highest BCUT2D eigenvalue weighted by atomic mass is 19.3. The molecular formula is C16H14F2N4O4. The van der Waals surface area contributed by atoms with Crippen LogP contribution in [-0.2, 0) is 6.61 Å². The Hall–Kier alpha value is -3.01. The van der Waals surface area contributed by atoms with Gasteiger partial charge in [0.15, 0.2) is 17.1 Å². The van der Waals surface area contributed by atoms with Gasteiger partial charge in [0.1, 0.15) is 16.9 Å². The summed E-state index contributed by atoms with van der Waals surface area (Å²) < 4.78 is 36.7. The Morgan fingerprint density at radius 3 is 2.81 bits per heavy atom. The monoisotopic (exact) mass is 364 g/mol. The van der Waals surface area contributed by atoms with Gasteiger partial charge >= 0.3 is 6.29 Å². The van der Waals surface area contributed by atoms with Crippen LogP contribution in [0.2, 0.25) is 0 Å². The van der Waals surface area contributed by atoms with Crippen molar-refractivity contribution in [3.8, 4) is 11.5 Å². The predicted octanol–water partition coefficient (Wildman–Crippen LogP) is 1.85. The van der Waals surface area contributed by atoms with Crippen LogP contribution in [0.4, 0.5) is 8.78 Å². The molecule has 0 fully saturated rings. The summed E-state index contributed by atoms with van der Waals surface area (Å²) in [7, 11) is 0. The Kier molecular flexibility index (Phi) is 3.48. The van der Waals surface area contributed by atoms with E-state index in [9.17, 15) is 18.7 Å². The Labute approximate surface area is 145 Å². The second-order valence-corrected chi connectivity index (χ2v) is 5.95. The SMILES string of the molecule is Cc1nc2c(c(CO)nn2C(C)c2ccc3c(c2)OC(F)(F)O3)c(=O)[nH]1. The number of H-pyrrole nitrogens is 1. The number of aliphatic hydroxyl groups excluding tert-OH is 1.